The number of amides is 2. The Hall–Kier alpha value is -2.77. The molecule has 3 heterocycles. The van der Waals surface area contributed by atoms with Crippen LogP contribution in [0.4, 0.5) is 0 Å². The Labute approximate surface area is 202 Å². The minimum absolute atomic E-state index is 0.0471. The van der Waals surface area contributed by atoms with Crippen molar-refractivity contribution in [1.29, 1.82) is 0 Å². The predicted octanol–water partition coefficient (Wildman–Crippen LogP) is 2.72. The van der Waals surface area contributed by atoms with Crippen molar-refractivity contribution in [1.82, 2.24) is 19.7 Å². The Balaban J connectivity index is 1.43. The molecule has 7 heteroatoms. The normalized spacial score (nSPS) is 19.4. The van der Waals surface area contributed by atoms with E-state index in [0.717, 1.165) is 45.4 Å². The highest BCUT2D eigenvalue weighted by Gasteiger charge is 2.35. The molecule has 182 valence electrons. The van der Waals surface area contributed by atoms with E-state index >= 15 is 0 Å². The minimum atomic E-state index is -0.117. The zero-order chi connectivity index (χ0) is 23.9. The van der Waals surface area contributed by atoms with Gasteiger partial charge in [0.05, 0.1) is 19.3 Å². The number of benzene rings is 1. The average molecular weight is 465 g/mol. The zero-order valence-corrected chi connectivity index (χ0v) is 20.3. The van der Waals surface area contributed by atoms with Gasteiger partial charge in [-0.25, -0.2) is 0 Å². The standard InChI is InChI=1S/C27H36N4O3/c1-21(30-16-18-34-19-17-30)26(32)31-14-11-23(12-15-31)25(20-22-8-4-3-5-9-22)29(2)27(33)24-10-6-7-13-28-24/h3-10,13,21,23,25H,11-12,14-20H2,1-2H3/t21-,25+/m0/s1. The van der Waals surface area contributed by atoms with Crippen LogP contribution in [0.25, 0.3) is 0 Å². The van der Waals surface area contributed by atoms with Gasteiger partial charge in [0.25, 0.3) is 5.91 Å². The summed E-state index contributed by atoms with van der Waals surface area (Å²) >= 11 is 0. The van der Waals surface area contributed by atoms with Gasteiger partial charge in [0, 0.05) is 45.5 Å². The molecule has 2 aromatic rings. The number of aromatic nitrogens is 1. The summed E-state index contributed by atoms with van der Waals surface area (Å²) < 4.78 is 5.43. The molecule has 2 aliphatic heterocycles. The number of morpholine rings is 1. The zero-order valence-electron chi connectivity index (χ0n) is 20.3. The van der Waals surface area contributed by atoms with Gasteiger partial charge in [-0.05, 0) is 49.8 Å². The topological polar surface area (TPSA) is 66.0 Å². The van der Waals surface area contributed by atoms with Crippen LogP contribution in [0.3, 0.4) is 0 Å². The van der Waals surface area contributed by atoms with Crippen LogP contribution in [0, 0.1) is 5.92 Å². The van der Waals surface area contributed by atoms with Crippen molar-refractivity contribution in [3.63, 3.8) is 0 Å². The number of pyridine rings is 1. The first kappa shape index (κ1) is 24.4. The number of nitrogens with zero attached hydrogens (tertiary/aromatic N) is 4. The summed E-state index contributed by atoms with van der Waals surface area (Å²) in [5.74, 6) is 0.472. The Bertz CT molecular complexity index is 925. The molecule has 1 aromatic heterocycles. The molecule has 4 rings (SSSR count). The van der Waals surface area contributed by atoms with Gasteiger partial charge in [-0.1, -0.05) is 36.4 Å². The Morgan fingerprint density at radius 2 is 1.71 bits per heavy atom. The van der Waals surface area contributed by atoms with Crippen LogP contribution in [0.1, 0.15) is 35.8 Å². The summed E-state index contributed by atoms with van der Waals surface area (Å²) in [6.07, 6.45) is 4.23. The van der Waals surface area contributed by atoms with Gasteiger partial charge in [-0.3, -0.25) is 19.5 Å². The second-order valence-corrected chi connectivity index (χ2v) is 9.38. The molecule has 0 radical (unpaired) electrons. The van der Waals surface area contributed by atoms with E-state index in [0.29, 0.717) is 24.8 Å². The van der Waals surface area contributed by atoms with Crippen molar-refractivity contribution >= 4 is 11.8 Å². The summed E-state index contributed by atoms with van der Waals surface area (Å²) in [6.45, 7) is 6.47. The molecule has 0 bridgehead atoms. The molecule has 0 N–H and O–H groups in total. The fourth-order valence-electron chi connectivity index (χ4n) is 5.19. The molecule has 0 aliphatic carbocycles. The number of likely N-dealkylation sites (N-methyl/N-ethyl adjacent to an activating group) is 1. The van der Waals surface area contributed by atoms with Crippen molar-refractivity contribution < 1.29 is 14.3 Å². The van der Waals surface area contributed by atoms with Crippen molar-refractivity contribution in [3.05, 3.63) is 66.0 Å². The first-order valence-electron chi connectivity index (χ1n) is 12.4. The smallest absolute Gasteiger partial charge is 0.272 e. The predicted molar refractivity (Wildman–Crippen MR) is 131 cm³/mol. The molecule has 7 nitrogen and oxygen atoms in total. The number of likely N-dealkylation sites (tertiary alicyclic amines) is 1. The van der Waals surface area contributed by atoms with Crippen molar-refractivity contribution in [3.8, 4) is 0 Å². The number of hydrogen-bond donors (Lipinski definition) is 0. The fraction of sp³-hybridized carbons (Fsp3) is 0.519. The lowest BCUT2D eigenvalue weighted by atomic mass is 9.84. The van der Waals surface area contributed by atoms with Crippen LogP contribution in [0.15, 0.2) is 54.7 Å². The monoisotopic (exact) mass is 464 g/mol. The third-order valence-electron chi connectivity index (χ3n) is 7.34. The number of piperidine rings is 1. The average Bonchev–Trinajstić information content (AvgIpc) is 2.92. The maximum absolute atomic E-state index is 13.2. The number of carbonyl (C=O) groups excluding carboxylic acids is 2. The van der Waals surface area contributed by atoms with Crippen molar-refractivity contribution in [2.45, 2.75) is 38.3 Å². The Morgan fingerprint density at radius 3 is 2.35 bits per heavy atom. The van der Waals surface area contributed by atoms with E-state index in [4.69, 9.17) is 4.74 Å². The minimum Gasteiger partial charge on any atom is -0.379 e. The van der Waals surface area contributed by atoms with Gasteiger partial charge in [0.1, 0.15) is 5.69 Å². The summed E-state index contributed by atoms with van der Waals surface area (Å²) in [5, 5.41) is 0. The maximum Gasteiger partial charge on any atom is 0.272 e. The highest BCUT2D eigenvalue weighted by molar-refractivity contribution is 5.92. The van der Waals surface area contributed by atoms with Crippen molar-refractivity contribution in [2.75, 3.05) is 46.4 Å². The molecule has 2 aliphatic rings. The first-order valence-corrected chi connectivity index (χ1v) is 12.4. The number of carbonyl (C=O) groups is 2. The molecular weight excluding hydrogens is 428 g/mol. The third kappa shape index (κ3) is 5.83. The Kier molecular flexibility index (Phi) is 8.29. The number of ether oxygens (including phenoxy) is 1. The summed E-state index contributed by atoms with van der Waals surface area (Å²) in [6, 6.07) is 15.7. The maximum atomic E-state index is 13.2. The first-order chi connectivity index (χ1) is 16.5. The molecule has 2 atom stereocenters. The van der Waals surface area contributed by atoms with Gasteiger partial charge in [-0.15, -0.1) is 0 Å². The van der Waals surface area contributed by atoms with Gasteiger partial charge in [0.2, 0.25) is 5.91 Å². The van der Waals surface area contributed by atoms with Crippen molar-refractivity contribution in [2.24, 2.45) is 5.92 Å². The molecule has 0 unspecified atom stereocenters. The van der Waals surface area contributed by atoms with Gasteiger partial charge in [0.15, 0.2) is 0 Å². The molecule has 2 fully saturated rings. The van der Waals surface area contributed by atoms with E-state index in [1.54, 1.807) is 12.3 Å². The quantitative estimate of drug-likeness (QED) is 0.630. The van der Waals surface area contributed by atoms with Gasteiger partial charge < -0.3 is 14.5 Å². The highest BCUT2D eigenvalue weighted by Crippen LogP contribution is 2.28. The molecule has 2 amide bonds. The van der Waals surface area contributed by atoms with Gasteiger partial charge >= 0.3 is 0 Å². The van der Waals surface area contributed by atoms with Crippen LogP contribution in [0.5, 0.6) is 0 Å². The summed E-state index contributed by atoms with van der Waals surface area (Å²) in [5.41, 5.74) is 1.68. The van der Waals surface area contributed by atoms with Crippen LogP contribution >= 0.6 is 0 Å². The van der Waals surface area contributed by atoms with Crippen LogP contribution in [-0.2, 0) is 16.0 Å². The van der Waals surface area contributed by atoms with E-state index < -0.39 is 0 Å². The lowest BCUT2D eigenvalue weighted by Crippen LogP contribution is -2.54. The van der Waals surface area contributed by atoms with E-state index in [1.165, 1.54) is 5.56 Å². The lowest BCUT2D eigenvalue weighted by molar-refractivity contribution is -0.139. The van der Waals surface area contributed by atoms with Crippen LogP contribution < -0.4 is 0 Å². The molecule has 1 aromatic carbocycles. The highest BCUT2D eigenvalue weighted by atomic mass is 16.5. The molecule has 34 heavy (non-hydrogen) atoms. The molecule has 0 saturated carbocycles. The van der Waals surface area contributed by atoms with Gasteiger partial charge in [-0.2, -0.15) is 0 Å². The second kappa shape index (κ2) is 11.6. The van der Waals surface area contributed by atoms with E-state index in [-0.39, 0.29) is 23.9 Å². The van der Waals surface area contributed by atoms with E-state index in [1.807, 2.05) is 54.1 Å². The SMILES string of the molecule is C[C@@H](C(=O)N1CCC([C@@H](Cc2ccccc2)N(C)C(=O)c2ccccn2)CC1)N1CCOCC1. The molecule has 2 saturated heterocycles. The third-order valence-corrected chi connectivity index (χ3v) is 7.34. The second-order valence-electron chi connectivity index (χ2n) is 9.38. The van der Waals surface area contributed by atoms with Crippen LogP contribution in [0.2, 0.25) is 0 Å². The Morgan fingerprint density at radius 1 is 1.03 bits per heavy atom. The summed E-state index contributed by atoms with van der Waals surface area (Å²) in [4.78, 5) is 36.8. The summed E-state index contributed by atoms with van der Waals surface area (Å²) in [7, 11) is 1.89. The molecular formula is C27H36N4O3. The number of hydrogen-bond acceptors (Lipinski definition) is 5. The van der Waals surface area contributed by atoms with E-state index in [9.17, 15) is 9.59 Å². The van der Waals surface area contributed by atoms with Crippen LogP contribution in [-0.4, -0.2) is 90.0 Å². The lowest BCUT2D eigenvalue weighted by Gasteiger charge is -2.41. The molecule has 0 spiro atoms. The number of rotatable bonds is 7. The fourth-order valence-corrected chi connectivity index (χ4v) is 5.19. The van der Waals surface area contributed by atoms with E-state index in [2.05, 4.69) is 22.0 Å². The largest absolute Gasteiger partial charge is 0.379 e.